The Balaban J connectivity index is 1.69. The third-order valence-corrected chi connectivity index (χ3v) is 3.26. The molecular formula is C18H18N6+2. The number of benzene rings is 1. The zero-order chi connectivity index (χ0) is 16.8. The van der Waals surface area contributed by atoms with E-state index in [9.17, 15) is 0 Å². The number of azo groups is 2. The lowest BCUT2D eigenvalue weighted by molar-refractivity contribution is -0.671. The molecule has 24 heavy (non-hydrogen) atoms. The van der Waals surface area contributed by atoms with E-state index < -0.39 is 0 Å². The first-order chi connectivity index (χ1) is 11.7. The second-order valence-electron chi connectivity index (χ2n) is 5.37. The van der Waals surface area contributed by atoms with E-state index in [1.807, 2.05) is 96.5 Å². The van der Waals surface area contributed by atoms with Gasteiger partial charge in [0.25, 0.3) is 0 Å². The van der Waals surface area contributed by atoms with Gasteiger partial charge in [-0.3, -0.25) is 0 Å². The second-order valence-corrected chi connectivity index (χ2v) is 5.37. The highest BCUT2D eigenvalue weighted by Crippen LogP contribution is 2.22. The maximum absolute atomic E-state index is 4.22. The number of nitrogens with zero attached hydrogens (tertiary/aromatic N) is 6. The third kappa shape index (κ3) is 4.36. The van der Waals surface area contributed by atoms with Crippen LogP contribution in [0.1, 0.15) is 0 Å². The van der Waals surface area contributed by atoms with Crippen LogP contribution in [-0.2, 0) is 14.1 Å². The van der Waals surface area contributed by atoms with E-state index in [0.717, 1.165) is 22.7 Å². The molecule has 0 bridgehead atoms. The Bertz CT molecular complexity index is 810. The molecule has 0 unspecified atom stereocenters. The van der Waals surface area contributed by atoms with Gasteiger partial charge in [-0.25, -0.2) is 9.13 Å². The lowest BCUT2D eigenvalue weighted by Gasteiger charge is -1.95. The summed E-state index contributed by atoms with van der Waals surface area (Å²) in [5.74, 6) is 0. The fraction of sp³-hybridized carbons (Fsp3) is 0.111. The van der Waals surface area contributed by atoms with Gasteiger partial charge in [0.15, 0.2) is 24.8 Å². The summed E-state index contributed by atoms with van der Waals surface area (Å²) in [7, 11) is 3.90. The van der Waals surface area contributed by atoms with Crippen LogP contribution in [-0.4, -0.2) is 0 Å². The molecule has 0 N–H and O–H groups in total. The monoisotopic (exact) mass is 318 g/mol. The van der Waals surface area contributed by atoms with Gasteiger partial charge in [0.2, 0.25) is 0 Å². The van der Waals surface area contributed by atoms with Crippen molar-refractivity contribution in [2.45, 2.75) is 0 Å². The summed E-state index contributed by atoms with van der Waals surface area (Å²) >= 11 is 0. The Hall–Kier alpha value is -3.28. The first-order valence-electron chi connectivity index (χ1n) is 7.53. The molecule has 0 amide bonds. The minimum Gasteiger partial charge on any atom is -0.206 e. The molecule has 6 heteroatoms. The number of aromatic nitrogens is 2. The summed E-state index contributed by atoms with van der Waals surface area (Å²) in [6.07, 6.45) is 7.72. The molecule has 0 spiro atoms. The molecule has 0 aliphatic rings. The lowest BCUT2D eigenvalue weighted by Crippen LogP contribution is -2.25. The van der Waals surface area contributed by atoms with Gasteiger partial charge in [0, 0.05) is 12.1 Å². The van der Waals surface area contributed by atoms with E-state index in [0.29, 0.717) is 0 Å². The van der Waals surface area contributed by atoms with Crippen molar-refractivity contribution in [2.24, 2.45) is 34.6 Å². The van der Waals surface area contributed by atoms with Crippen molar-refractivity contribution in [1.82, 2.24) is 0 Å². The predicted octanol–water partition coefficient (Wildman–Crippen LogP) is 4.17. The number of hydrogen-bond donors (Lipinski definition) is 0. The van der Waals surface area contributed by atoms with Crippen LogP contribution in [0.4, 0.5) is 22.7 Å². The van der Waals surface area contributed by atoms with Gasteiger partial charge in [0.05, 0.1) is 11.4 Å². The van der Waals surface area contributed by atoms with E-state index in [2.05, 4.69) is 20.5 Å². The van der Waals surface area contributed by atoms with Crippen molar-refractivity contribution in [3.63, 3.8) is 0 Å². The Morgan fingerprint density at radius 1 is 0.542 bits per heavy atom. The van der Waals surface area contributed by atoms with Crippen molar-refractivity contribution >= 4 is 22.7 Å². The second kappa shape index (κ2) is 7.32. The number of pyridine rings is 2. The normalized spacial score (nSPS) is 11.4. The molecule has 0 saturated heterocycles. The van der Waals surface area contributed by atoms with Gasteiger partial charge < -0.3 is 0 Å². The molecule has 0 aliphatic carbocycles. The van der Waals surface area contributed by atoms with E-state index in [4.69, 9.17) is 0 Å². The Labute approximate surface area is 140 Å². The minimum atomic E-state index is 0.770. The fourth-order valence-electron chi connectivity index (χ4n) is 2.08. The first kappa shape index (κ1) is 15.6. The first-order valence-corrected chi connectivity index (χ1v) is 7.53. The standard InChI is InChI=1S/C18H18N6/c1-23-11-3-5-17(13-23)21-19-15-7-9-16(10-8-15)20-22-18-6-4-12-24(2)14-18/h3-14H,1-2H3/q+2. The summed E-state index contributed by atoms with van der Waals surface area (Å²) in [5, 5.41) is 16.9. The van der Waals surface area contributed by atoms with Crippen molar-refractivity contribution < 1.29 is 9.13 Å². The Morgan fingerprint density at radius 2 is 0.917 bits per heavy atom. The van der Waals surface area contributed by atoms with Crippen LogP contribution in [0.2, 0.25) is 0 Å². The predicted molar refractivity (Wildman–Crippen MR) is 90.0 cm³/mol. The van der Waals surface area contributed by atoms with Crippen LogP contribution in [0.3, 0.4) is 0 Å². The average molecular weight is 318 g/mol. The van der Waals surface area contributed by atoms with Crippen molar-refractivity contribution in [1.29, 1.82) is 0 Å². The molecule has 0 saturated carbocycles. The summed E-state index contributed by atoms with van der Waals surface area (Å²) in [6, 6.07) is 15.1. The lowest BCUT2D eigenvalue weighted by atomic mass is 10.3. The molecule has 2 heterocycles. The molecule has 0 atom stereocenters. The molecule has 118 valence electrons. The maximum Gasteiger partial charge on any atom is 0.196 e. The topological polar surface area (TPSA) is 57.2 Å². The molecule has 6 nitrogen and oxygen atoms in total. The highest BCUT2D eigenvalue weighted by molar-refractivity contribution is 5.47. The van der Waals surface area contributed by atoms with Gasteiger partial charge in [-0.1, -0.05) is 0 Å². The largest absolute Gasteiger partial charge is 0.206 e. The van der Waals surface area contributed by atoms with Gasteiger partial charge in [-0.2, -0.15) is 10.2 Å². The van der Waals surface area contributed by atoms with E-state index in [-0.39, 0.29) is 0 Å². The van der Waals surface area contributed by atoms with Gasteiger partial charge in [0.1, 0.15) is 25.5 Å². The quantitative estimate of drug-likeness (QED) is 0.512. The van der Waals surface area contributed by atoms with Gasteiger partial charge in [-0.05, 0) is 36.4 Å². The minimum absolute atomic E-state index is 0.770. The molecule has 2 aromatic heterocycles. The van der Waals surface area contributed by atoms with Crippen LogP contribution < -0.4 is 9.13 Å². The number of rotatable bonds is 4. The van der Waals surface area contributed by atoms with Crippen molar-refractivity contribution in [3.05, 3.63) is 73.3 Å². The summed E-state index contributed by atoms with van der Waals surface area (Å²) < 4.78 is 3.86. The molecule has 0 radical (unpaired) electrons. The van der Waals surface area contributed by atoms with E-state index >= 15 is 0 Å². The smallest absolute Gasteiger partial charge is 0.196 e. The van der Waals surface area contributed by atoms with Crippen molar-refractivity contribution in [3.8, 4) is 0 Å². The molecule has 3 rings (SSSR count). The Kier molecular flexibility index (Phi) is 4.76. The summed E-state index contributed by atoms with van der Waals surface area (Å²) in [6.45, 7) is 0. The summed E-state index contributed by atoms with van der Waals surface area (Å²) in [5.41, 5.74) is 3.15. The fourth-order valence-corrected chi connectivity index (χ4v) is 2.08. The average Bonchev–Trinajstić information content (AvgIpc) is 2.59. The van der Waals surface area contributed by atoms with E-state index in [1.54, 1.807) is 0 Å². The van der Waals surface area contributed by atoms with Crippen LogP contribution >= 0.6 is 0 Å². The van der Waals surface area contributed by atoms with Crippen LogP contribution in [0.15, 0.2) is 93.8 Å². The summed E-state index contributed by atoms with van der Waals surface area (Å²) in [4.78, 5) is 0. The van der Waals surface area contributed by atoms with Crippen LogP contribution in [0.5, 0.6) is 0 Å². The zero-order valence-electron chi connectivity index (χ0n) is 13.6. The van der Waals surface area contributed by atoms with Crippen LogP contribution in [0, 0.1) is 0 Å². The zero-order valence-corrected chi connectivity index (χ0v) is 13.6. The highest BCUT2D eigenvalue weighted by Gasteiger charge is 1.98. The van der Waals surface area contributed by atoms with Crippen molar-refractivity contribution in [2.75, 3.05) is 0 Å². The molecule has 0 aliphatic heterocycles. The molecular weight excluding hydrogens is 300 g/mol. The maximum atomic E-state index is 4.22. The molecule has 0 fully saturated rings. The Morgan fingerprint density at radius 3 is 1.29 bits per heavy atom. The number of aryl methyl sites for hydroxylation is 2. The van der Waals surface area contributed by atoms with Gasteiger partial charge >= 0.3 is 0 Å². The van der Waals surface area contributed by atoms with E-state index in [1.165, 1.54) is 0 Å². The highest BCUT2D eigenvalue weighted by atomic mass is 15.1. The number of hydrogen-bond acceptors (Lipinski definition) is 4. The van der Waals surface area contributed by atoms with Crippen LogP contribution in [0.25, 0.3) is 0 Å². The molecule has 1 aromatic carbocycles. The SMILES string of the molecule is C[n+]1cccc(N=Nc2ccc(N=Nc3ccc[n+](C)c3)cc2)c1. The molecule has 3 aromatic rings. The van der Waals surface area contributed by atoms with Gasteiger partial charge in [-0.15, -0.1) is 10.2 Å². The third-order valence-electron chi connectivity index (χ3n) is 3.26.